The molecule has 0 aliphatic rings. The summed E-state index contributed by atoms with van der Waals surface area (Å²) in [5.74, 6) is -0.837. The quantitative estimate of drug-likeness (QED) is 0.335. The molecule has 0 saturated heterocycles. The Balaban J connectivity index is 1.62. The van der Waals surface area contributed by atoms with Crippen LogP contribution in [0.15, 0.2) is 54.6 Å². The van der Waals surface area contributed by atoms with Crippen LogP contribution in [0.1, 0.15) is 10.4 Å². The Morgan fingerprint density at radius 3 is 2.60 bits per heavy atom. The summed E-state index contributed by atoms with van der Waals surface area (Å²) in [5.41, 5.74) is 1.10. The highest BCUT2D eigenvalue weighted by Crippen LogP contribution is 2.29. The van der Waals surface area contributed by atoms with Crippen molar-refractivity contribution in [2.75, 3.05) is 26.1 Å². The number of para-hydroxylation sites is 1. The largest absolute Gasteiger partial charge is 0.493 e. The van der Waals surface area contributed by atoms with E-state index in [1.165, 1.54) is 43.8 Å². The topological polar surface area (TPSA) is 104 Å². The maximum Gasteiger partial charge on any atom is 0.330 e. The molecule has 3 rings (SSSR count). The highest BCUT2D eigenvalue weighted by atomic mass is 32.1. The zero-order chi connectivity index (χ0) is 21.5. The van der Waals surface area contributed by atoms with Gasteiger partial charge in [0.1, 0.15) is 0 Å². The number of allylic oxidation sites excluding steroid dienone is 1. The number of esters is 1. The first-order chi connectivity index (χ1) is 14.5. The zero-order valence-electron chi connectivity index (χ0n) is 16.2. The van der Waals surface area contributed by atoms with Crippen LogP contribution in [-0.4, -0.2) is 43.5 Å². The van der Waals surface area contributed by atoms with Crippen LogP contribution in [0.4, 0.5) is 5.13 Å². The first kappa shape index (κ1) is 21.0. The van der Waals surface area contributed by atoms with Crippen LogP contribution in [-0.2, 0) is 14.3 Å². The third kappa shape index (κ3) is 5.21. The number of rotatable bonds is 8. The minimum Gasteiger partial charge on any atom is -0.493 e. The van der Waals surface area contributed by atoms with E-state index in [9.17, 15) is 14.4 Å². The second-order valence-electron chi connectivity index (χ2n) is 5.91. The van der Waals surface area contributed by atoms with Gasteiger partial charge in [-0.05, 0) is 36.4 Å². The van der Waals surface area contributed by atoms with Crippen LogP contribution in [0.2, 0.25) is 0 Å². The molecular weight excluding hydrogens is 408 g/mol. The molecule has 1 N–H and O–H groups in total. The van der Waals surface area contributed by atoms with Crippen molar-refractivity contribution in [1.82, 2.24) is 4.98 Å². The van der Waals surface area contributed by atoms with Crippen LogP contribution < -0.4 is 14.8 Å². The molecule has 0 aliphatic heterocycles. The third-order valence-corrected chi connectivity index (χ3v) is 4.87. The Morgan fingerprint density at radius 2 is 1.87 bits per heavy atom. The Morgan fingerprint density at radius 1 is 1.07 bits per heavy atom. The van der Waals surface area contributed by atoms with Crippen LogP contribution >= 0.6 is 11.3 Å². The van der Waals surface area contributed by atoms with Crippen LogP contribution in [0.3, 0.4) is 0 Å². The van der Waals surface area contributed by atoms with E-state index < -0.39 is 11.8 Å². The summed E-state index contributed by atoms with van der Waals surface area (Å²) in [5, 5.41) is 3.18. The van der Waals surface area contributed by atoms with E-state index in [2.05, 4.69) is 15.0 Å². The Labute approximate surface area is 176 Å². The number of aromatic nitrogens is 1. The number of anilines is 1. The zero-order valence-corrected chi connectivity index (χ0v) is 17.0. The number of carbonyl (C=O) groups is 3. The number of hydrogen-bond acceptors (Lipinski definition) is 8. The van der Waals surface area contributed by atoms with Gasteiger partial charge < -0.3 is 14.2 Å². The maximum atomic E-state index is 12.2. The number of methoxy groups -OCH3 is 2. The number of fused-ring (bicyclic) bond motifs is 1. The number of benzene rings is 2. The summed E-state index contributed by atoms with van der Waals surface area (Å²) >= 11 is 1.37. The molecule has 9 heteroatoms. The molecule has 0 atom stereocenters. The van der Waals surface area contributed by atoms with Gasteiger partial charge in [-0.25, -0.2) is 9.78 Å². The highest BCUT2D eigenvalue weighted by molar-refractivity contribution is 7.22. The van der Waals surface area contributed by atoms with Crippen molar-refractivity contribution in [1.29, 1.82) is 0 Å². The molecule has 30 heavy (non-hydrogen) atoms. The molecule has 0 radical (unpaired) electrons. The monoisotopic (exact) mass is 426 g/mol. The molecule has 3 aromatic rings. The molecule has 0 spiro atoms. The van der Waals surface area contributed by atoms with E-state index in [1.54, 1.807) is 0 Å². The minimum absolute atomic E-state index is 0.262. The molecule has 1 amide bonds. The van der Waals surface area contributed by atoms with Crippen molar-refractivity contribution >= 4 is 44.3 Å². The lowest BCUT2D eigenvalue weighted by molar-refractivity contribution is -0.134. The number of thiazole rings is 1. The van der Waals surface area contributed by atoms with E-state index in [0.29, 0.717) is 16.4 Å². The van der Waals surface area contributed by atoms with Crippen molar-refractivity contribution < 1.29 is 28.6 Å². The Kier molecular flexibility index (Phi) is 6.76. The average Bonchev–Trinajstić information content (AvgIpc) is 3.17. The first-order valence-electron chi connectivity index (χ1n) is 8.76. The lowest BCUT2D eigenvalue weighted by atomic mass is 10.1. The number of nitrogens with one attached hydrogen (secondary N) is 1. The smallest absolute Gasteiger partial charge is 0.330 e. The molecule has 0 aliphatic carbocycles. The second-order valence-corrected chi connectivity index (χ2v) is 6.94. The summed E-state index contributed by atoms with van der Waals surface area (Å²) < 4.78 is 16.2. The van der Waals surface area contributed by atoms with Crippen molar-refractivity contribution in [3.8, 4) is 11.5 Å². The molecule has 1 aromatic heterocycles. The van der Waals surface area contributed by atoms with Crippen molar-refractivity contribution in [2.45, 2.75) is 0 Å². The Hall–Kier alpha value is -3.72. The SMILES string of the molecule is COC(=O)/C=C\C(=O)c1ccc(OCC(=O)Nc2nc3ccccc3s2)c(OC)c1. The fourth-order valence-electron chi connectivity index (χ4n) is 2.47. The number of amides is 1. The van der Waals surface area contributed by atoms with Gasteiger partial charge in [-0.2, -0.15) is 0 Å². The van der Waals surface area contributed by atoms with Gasteiger partial charge in [-0.1, -0.05) is 23.5 Å². The van der Waals surface area contributed by atoms with E-state index in [1.807, 2.05) is 24.3 Å². The fraction of sp³-hybridized carbons (Fsp3) is 0.143. The summed E-state index contributed by atoms with van der Waals surface area (Å²) in [4.78, 5) is 39.8. The average molecular weight is 426 g/mol. The van der Waals surface area contributed by atoms with Gasteiger partial charge in [0.2, 0.25) is 0 Å². The lowest BCUT2D eigenvalue weighted by Gasteiger charge is -2.11. The summed E-state index contributed by atoms with van der Waals surface area (Å²) in [7, 11) is 2.64. The van der Waals surface area contributed by atoms with Gasteiger partial charge >= 0.3 is 5.97 Å². The molecule has 0 unspecified atom stereocenters. The number of ketones is 1. The summed E-state index contributed by atoms with van der Waals surface area (Å²) in [6.07, 6.45) is 2.14. The maximum absolute atomic E-state index is 12.2. The summed E-state index contributed by atoms with van der Waals surface area (Å²) in [6.45, 7) is -0.262. The number of hydrogen-bond donors (Lipinski definition) is 1. The standard InChI is InChI=1S/C21H18N2O6S/c1-27-17-11-13(15(24)8-10-20(26)28-2)7-9-16(17)29-12-19(25)23-21-22-14-5-3-4-6-18(14)30-21/h3-11H,12H2,1-2H3,(H,22,23,25)/b10-8-. The number of nitrogens with zero attached hydrogens (tertiary/aromatic N) is 1. The molecule has 154 valence electrons. The molecular formula is C21H18N2O6S. The third-order valence-electron chi connectivity index (χ3n) is 3.92. The molecule has 8 nitrogen and oxygen atoms in total. The summed E-state index contributed by atoms with van der Waals surface area (Å²) in [6, 6.07) is 12.1. The van der Waals surface area contributed by atoms with Crippen LogP contribution in [0.5, 0.6) is 11.5 Å². The van der Waals surface area contributed by atoms with Crippen molar-refractivity contribution in [2.24, 2.45) is 0 Å². The van der Waals surface area contributed by atoms with E-state index in [4.69, 9.17) is 9.47 Å². The molecule has 0 bridgehead atoms. The Bertz CT molecular complexity index is 1090. The minimum atomic E-state index is -0.630. The van der Waals surface area contributed by atoms with Gasteiger partial charge in [0.15, 0.2) is 29.0 Å². The van der Waals surface area contributed by atoms with Gasteiger partial charge in [-0.3, -0.25) is 14.9 Å². The number of ether oxygens (including phenoxy) is 3. The van der Waals surface area contributed by atoms with Crippen LogP contribution in [0.25, 0.3) is 10.2 Å². The fourth-order valence-corrected chi connectivity index (χ4v) is 3.35. The lowest BCUT2D eigenvalue weighted by Crippen LogP contribution is -2.20. The van der Waals surface area contributed by atoms with Gasteiger partial charge in [0.05, 0.1) is 24.4 Å². The van der Waals surface area contributed by atoms with Crippen molar-refractivity contribution in [3.05, 3.63) is 60.2 Å². The first-order valence-corrected chi connectivity index (χ1v) is 9.58. The van der Waals surface area contributed by atoms with Gasteiger partial charge in [0.25, 0.3) is 5.91 Å². The molecule has 2 aromatic carbocycles. The van der Waals surface area contributed by atoms with Crippen LogP contribution in [0, 0.1) is 0 Å². The molecule has 0 fully saturated rings. The predicted molar refractivity (Wildman–Crippen MR) is 112 cm³/mol. The normalized spacial score (nSPS) is 10.7. The molecule has 0 saturated carbocycles. The van der Waals surface area contributed by atoms with Crippen molar-refractivity contribution in [3.63, 3.8) is 0 Å². The van der Waals surface area contributed by atoms with Gasteiger partial charge in [0, 0.05) is 11.6 Å². The molecule has 1 heterocycles. The van der Waals surface area contributed by atoms with E-state index in [-0.39, 0.29) is 18.3 Å². The number of carbonyl (C=O) groups excluding carboxylic acids is 3. The van der Waals surface area contributed by atoms with E-state index >= 15 is 0 Å². The second kappa shape index (κ2) is 9.66. The highest BCUT2D eigenvalue weighted by Gasteiger charge is 2.13. The van der Waals surface area contributed by atoms with E-state index in [0.717, 1.165) is 22.4 Å². The predicted octanol–water partition coefficient (Wildman–Crippen LogP) is 3.23. The van der Waals surface area contributed by atoms with Gasteiger partial charge in [-0.15, -0.1) is 0 Å².